The summed E-state index contributed by atoms with van der Waals surface area (Å²) < 4.78 is 0. The van der Waals surface area contributed by atoms with Crippen LogP contribution in [0.1, 0.15) is 46.5 Å². The molecule has 0 aromatic carbocycles. The predicted octanol–water partition coefficient (Wildman–Crippen LogP) is 2.39. The number of carboxylic acid groups (broad SMARTS) is 1. The van der Waals surface area contributed by atoms with Gasteiger partial charge in [0.25, 0.3) is 0 Å². The van der Waals surface area contributed by atoms with Crippen LogP contribution in [-0.2, 0) is 0 Å². The van der Waals surface area contributed by atoms with E-state index in [1.807, 2.05) is 20.8 Å². The van der Waals surface area contributed by atoms with Crippen LogP contribution in [0.3, 0.4) is 0 Å². The molecular formula is C13H24N2O2. The van der Waals surface area contributed by atoms with Crippen molar-refractivity contribution in [2.45, 2.75) is 64.1 Å². The molecule has 4 nitrogen and oxygen atoms in total. The van der Waals surface area contributed by atoms with Gasteiger partial charge >= 0.3 is 6.09 Å². The molecule has 4 heteroatoms. The molecule has 2 aliphatic rings. The Bertz CT molecular complexity index is 286. The maximum atomic E-state index is 11.4. The predicted molar refractivity (Wildman–Crippen MR) is 67.2 cm³/mol. The summed E-state index contributed by atoms with van der Waals surface area (Å²) in [4.78, 5) is 15.6. The van der Waals surface area contributed by atoms with Gasteiger partial charge in [0.1, 0.15) is 0 Å². The summed E-state index contributed by atoms with van der Waals surface area (Å²) in [5.74, 6) is 0. The van der Waals surface area contributed by atoms with E-state index in [9.17, 15) is 9.90 Å². The van der Waals surface area contributed by atoms with E-state index in [0.717, 1.165) is 32.0 Å². The molecule has 0 aromatic heterocycles. The topological polar surface area (TPSA) is 43.8 Å². The third-order valence-electron chi connectivity index (χ3n) is 3.86. The summed E-state index contributed by atoms with van der Waals surface area (Å²) in [5.41, 5.74) is -0.293. The van der Waals surface area contributed by atoms with Crippen molar-refractivity contribution < 1.29 is 9.90 Å². The van der Waals surface area contributed by atoms with E-state index >= 15 is 0 Å². The molecule has 1 heterocycles. The Morgan fingerprint density at radius 2 is 1.71 bits per heavy atom. The molecule has 98 valence electrons. The highest BCUT2D eigenvalue weighted by Crippen LogP contribution is 2.31. The molecule has 0 unspecified atom stereocenters. The zero-order valence-corrected chi connectivity index (χ0v) is 11.1. The molecule has 1 saturated heterocycles. The lowest BCUT2D eigenvalue weighted by molar-refractivity contribution is 0.0409. The second-order valence-corrected chi connectivity index (χ2v) is 6.32. The fraction of sp³-hybridized carbons (Fsp3) is 0.923. The molecule has 0 radical (unpaired) electrons. The van der Waals surface area contributed by atoms with Gasteiger partial charge in [-0.15, -0.1) is 0 Å². The lowest BCUT2D eigenvalue weighted by atomic mass is 9.97. The average molecular weight is 240 g/mol. The Kier molecular flexibility index (Phi) is 3.34. The minimum Gasteiger partial charge on any atom is -0.465 e. The van der Waals surface area contributed by atoms with Crippen molar-refractivity contribution in [2.24, 2.45) is 0 Å². The minimum absolute atomic E-state index is 0.197. The lowest BCUT2D eigenvalue weighted by Gasteiger charge is -2.43. The van der Waals surface area contributed by atoms with Crippen molar-refractivity contribution in [2.75, 3.05) is 13.1 Å². The third-order valence-corrected chi connectivity index (χ3v) is 3.86. The molecular weight excluding hydrogens is 216 g/mol. The van der Waals surface area contributed by atoms with Crippen LogP contribution in [0, 0.1) is 0 Å². The number of carbonyl (C=O) groups is 1. The van der Waals surface area contributed by atoms with Crippen LogP contribution in [-0.4, -0.2) is 51.7 Å². The number of nitrogens with zero attached hydrogens (tertiary/aromatic N) is 2. The van der Waals surface area contributed by atoms with Crippen molar-refractivity contribution in [3.8, 4) is 0 Å². The number of hydrogen-bond donors (Lipinski definition) is 1. The van der Waals surface area contributed by atoms with Crippen LogP contribution in [0.2, 0.25) is 0 Å². The van der Waals surface area contributed by atoms with Gasteiger partial charge in [-0.25, -0.2) is 4.79 Å². The molecule has 0 bridgehead atoms. The van der Waals surface area contributed by atoms with Crippen molar-refractivity contribution in [3.63, 3.8) is 0 Å². The molecule has 0 spiro atoms. The van der Waals surface area contributed by atoms with Gasteiger partial charge < -0.3 is 14.9 Å². The molecule has 2 fully saturated rings. The van der Waals surface area contributed by atoms with Gasteiger partial charge in [0.05, 0.1) is 0 Å². The summed E-state index contributed by atoms with van der Waals surface area (Å²) in [5, 5.41) is 9.36. The Hall–Kier alpha value is -0.770. The average Bonchev–Trinajstić information content (AvgIpc) is 2.99. The van der Waals surface area contributed by atoms with Gasteiger partial charge in [0.2, 0.25) is 0 Å². The van der Waals surface area contributed by atoms with Crippen LogP contribution in [0.15, 0.2) is 0 Å². The molecule has 1 aliphatic carbocycles. The van der Waals surface area contributed by atoms with Gasteiger partial charge in [0, 0.05) is 30.7 Å². The van der Waals surface area contributed by atoms with E-state index < -0.39 is 6.09 Å². The first kappa shape index (κ1) is 12.7. The normalized spacial score (nSPS) is 23.7. The number of likely N-dealkylation sites (tertiary alicyclic amines) is 1. The number of rotatable bonds is 2. The van der Waals surface area contributed by atoms with Crippen LogP contribution >= 0.6 is 0 Å². The lowest BCUT2D eigenvalue weighted by Crippen LogP contribution is -2.54. The molecule has 0 atom stereocenters. The van der Waals surface area contributed by atoms with Crippen LogP contribution < -0.4 is 0 Å². The Balaban J connectivity index is 1.95. The van der Waals surface area contributed by atoms with Crippen molar-refractivity contribution >= 4 is 6.09 Å². The van der Waals surface area contributed by atoms with Crippen molar-refractivity contribution in [1.29, 1.82) is 0 Å². The minimum atomic E-state index is -0.776. The standard InChI is InChI=1S/C13H24N2O2/c1-13(2,3)15(12(16)17)11-6-8-14(9-7-11)10-4-5-10/h10-11H,4-9H2,1-3H3,(H,16,17). The quantitative estimate of drug-likeness (QED) is 0.806. The van der Waals surface area contributed by atoms with E-state index in [0.29, 0.717) is 0 Å². The maximum absolute atomic E-state index is 11.4. The monoisotopic (exact) mass is 240 g/mol. The van der Waals surface area contributed by atoms with E-state index in [1.54, 1.807) is 4.90 Å². The second-order valence-electron chi connectivity index (χ2n) is 6.32. The first-order valence-electron chi connectivity index (χ1n) is 6.66. The van der Waals surface area contributed by atoms with E-state index in [2.05, 4.69) is 4.90 Å². The van der Waals surface area contributed by atoms with Gasteiger partial charge in [-0.1, -0.05) is 0 Å². The zero-order chi connectivity index (χ0) is 12.6. The molecule has 1 amide bonds. The first-order valence-corrected chi connectivity index (χ1v) is 6.66. The Labute approximate surface area is 104 Å². The highest BCUT2D eigenvalue weighted by Gasteiger charge is 2.38. The highest BCUT2D eigenvalue weighted by atomic mass is 16.4. The SMILES string of the molecule is CC(C)(C)N(C(=O)O)C1CCN(C2CC2)CC1. The van der Waals surface area contributed by atoms with E-state index in [1.165, 1.54) is 12.8 Å². The Morgan fingerprint density at radius 1 is 1.18 bits per heavy atom. The first-order chi connectivity index (χ1) is 7.89. The fourth-order valence-corrected chi connectivity index (χ4v) is 2.94. The molecule has 17 heavy (non-hydrogen) atoms. The zero-order valence-electron chi connectivity index (χ0n) is 11.1. The number of hydrogen-bond acceptors (Lipinski definition) is 2. The van der Waals surface area contributed by atoms with Gasteiger partial charge in [-0.3, -0.25) is 0 Å². The van der Waals surface area contributed by atoms with Gasteiger partial charge in [-0.2, -0.15) is 0 Å². The van der Waals surface area contributed by atoms with Gasteiger partial charge in [-0.05, 0) is 46.5 Å². The Morgan fingerprint density at radius 3 is 2.06 bits per heavy atom. The van der Waals surface area contributed by atoms with E-state index in [-0.39, 0.29) is 11.6 Å². The summed E-state index contributed by atoms with van der Waals surface area (Å²) >= 11 is 0. The van der Waals surface area contributed by atoms with Crippen LogP contribution in [0.25, 0.3) is 0 Å². The summed E-state index contributed by atoms with van der Waals surface area (Å²) in [7, 11) is 0. The summed E-state index contributed by atoms with van der Waals surface area (Å²) in [6.07, 6.45) is 3.88. The van der Waals surface area contributed by atoms with E-state index in [4.69, 9.17) is 0 Å². The smallest absolute Gasteiger partial charge is 0.407 e. The number of amides is 1. The summed E-state index contributed by atoms with van der Waals surface area (Å²) in [6, 6.07) is 1.01. The third kappa shape index (κ3) is 2.92. The van der Waals surface area contributed by atoms with Crippen molar-refractivity contribution in [1.82, 2.24) is 9.80 Å². The van der Waals surface area contributed by atoms with Crippen molar-refractivity contribution in [3.05, 3.63) is 0 Å². The highest BCUT2D eigenvalue weighted by molar-refractivity contribution is 5.66. The van der Waals surface area contributed by atoms with Crippen LogP contribution in [0.4, 0.5) is 4.79 Å². The summed E-state index contributed by atoms with van der Waals surface area (Å²) in [6.45, 7) is 8.07. The molecule has 1 N–H and O–H groups in total. The maximum Gasteiger partial charge on any atom is 0.407 e. The van der Waals surface area contributed by atoms with Crippen LogP contribution in [0.5, 0.6) is 0 Å². The molecule has 2 rings (SSSR count). The molecule has 1 aliphatic heterocycles. The molecule has 0 aromatic rings. The number of piperidine rings is 1. The second kappa shape index (κ2) is 4.48. The molecule has 1 saturated carbocycles. The largest absolute Gasteiger partial charge is 0.465 e. The van der Waals surface area contributed by atoms with Gasteiger partial charge in [0.15, 0.2) is 0 Å². The fourth-order valence-electron chi connectivity index (χ4n) is 2.94.